The average Bonchev–Trinajstić information content (AvgIpc) is 2.66. The number of halogens is 1. The molecule has 0 saturated carbocycles. The fourth-order valence-electron chi connectivity index (χ4n) is 2.49. The maximum Gasteiger partial charge on any atom is 0.243 e. The second kappa shape index (κ2) is 11.9. The largest absolute Gasteiger partial charge is 0.491 e. The molecule has 27 heavy (non-hydrogen) atoms. The van der Waals surface area contributed by atoms with Crippen LogP contribution in [-0.4, -0.2) is 52.7 Å². The molecule has 0 fully saturated rings. The van der Waals surface area contributed by atoms with Crippen molar-refractivity contribution in [2.24, 2.45) is 5.73 Å². The summed E-state index contributed by atoms with van der Waals surface area (Å²) < 4.78 is 37.7. The molecule has 0 aliphatic heterocycles. The van der Waals surface area contributed by atoms with Crippen LogP contribution < -0.4 is 10.5 Å². The summed E-state index contributed by atoms with van der Waals surface area (Å²) in [5.41, 5.74) is 6.72. The van der Waals surface area contributed by atoms with Crippen LogP contribution in [-0.2, 0) is 21.2 Å². The second-order valence-electron chi connectivity index (χ2n) is 5.74. The van der Waals surface area contributed by atoms with Gasteiger partial charge in [-0.05, 0) is 36.2 Å². The number of nitrogens with zero attached hydrogens (tertiary/aromatic N) is 1. The van der Waals surface area contributed by atoms with Crippen LogP contribution in [0.1, 0.15) is 5.56 Å². The molecule has 2 aromatic carbocycles. The number of nitrogens with two attached hydrogens (primary N) is 1. The zero-order valence-corrected chi connectivity index (χ0v) is 17.0. The Bertz CT molecular complexity index is 755. The fraction of sp³-hybridized carbons (Fsp3) is 0.368. The number of benzene rings is 2. The van der Waals surface area contributed by atoms with Gasteiger partial charge in [-0.25, -0.2) is 8.42 Å². The molecule has 2 aromatic rings. The lowest BCUT2D eigenvalue weighted by Gasteiger charge is -2.21. The molecular weight excluding hydrogens is 388 g/mol. The lowest BCUT2D eigenvalue weighted by atomic mass is 10.1. The SMILES string of the molecule is COCCOc1ccc(S(=O)(=O)N(CCN)CCc2ccccc2)cc1.Cl. The van der Waals surface area contributed by atoms with Gasteiger partial charge in [0, 0.05) is 26.7 Å². The van der Waals surface area contributed by atoms with E-state index in [4.69, 9.17) is 15.2 Å². The highest BCUT2D eigenvalue weighted by Gasteiger charge is 2.23. The van der Waals surface area contributed by atoms with E-state index in [1.807, 2.05) is 30.3 Å². The van der Waals surface area contributed by atoms with Crippen molar-refractivity contribution < 1.29 is 17.9 Å². The third kappa shape index (κ3) is 7.12. The van der Waals surface area contributed by atoms with E-state index >= 15 is 0 Å². The standard InChI is InChI=1S/C19H26N2O4S.ClH/c1-24-15-16-25-18-7-9-19(10-8-18)26(22,23)21(14-12-20)13-11-17-5-3-2-4-6-17;/h2-10H,11-16,20H2,1H3;1H. The normalized spacial score (nSPS) is 11.2. The summed E-state index contributed by atoms with van der Waals surface area (Å²) in [7, 11) is -2.00. The van der Waals surface area contributed by atoms with Gasteiger partial charge in [-0.2, -0.15) is 4.31 Å². The van der Waals surface area contributed by atoms with E-state index in [-0.39, 0.29) is 30.4 Å². The number of hydrogen-bond donors (Lipinski definition) is 1. The molecule has 0 aliphatic carbocycles. The molecule has 150 valence electrons. The quantitative estimate of drug-likeness (QED) is 0.570. The molecule has 0 aliphatic rings. The van der Waals surface area contributed by atoms with Gasteiger partial charge in [0.2, 0.25) is 10.0 Å². The summed E-state index contributed by atoms with van der Waals surface area (Å²) in [4.78, 5) is 0.234. The van der Waals surface area contributed by atoms with Crippen molar-refractivity contribution >= 4 is 22.4 Å². The minimum absolute atomic E-state index is 0. The van der Waals surface area contributed by atoms with Crippen molar-refractivity contribution in [3.8, 4) is 5.75 Å². The van der Waals surface area contributed by atoms with Crippen molar-refractivity contribution in [3.05, 3.63) is 60.2 Å². The molecule has 8 heteroatoms. The highest BCUT2D eigenvalue weighted by atomic mass is 35.5. The third-order valence-electron chi connectivity index (χ3n) is 3.89. The highest BCUT2D eigenvalue weighted by molar-refractivity contribution is 7.89. The van der Waals surface area contributed by atoms with E-state index in [0.717, 1.165) is 5.56 Å². The van der Waals surface area contributed by atoms with E-state index in [1.165, 1.54) is 4.31 Å². The first-order valence-corrected chi connectivity index (χ1v) is 9.98. The zero-order chi connectivity index (χ0) is 18.8. The molecule has 0 spiro atoms. The van der Waals surface area contributed by atoms with E-state index in [0.29, 0.717) is 31.9 Å². The number of ether oxygens (including phenoxy) is 2. The predicted octanol–water partition coefficient (Wildman–Crippen LogP) is 2.33. The van der Waals surface area contributed by atoms with Gasteiger partial charge in [-0.15, -0.1) is 12.4 Å². The molecule has 0 atom stereocenters. The first-order valence-electron chi connectivity index (χ1n) is 8.54. The Balaban J connectivity index is 0.00000364. The fourth-order valence-corrected chi connectivity index (χ4v) is 3.95. The number of sulfonamides is 1. The Kier molecular flexibility index (Phi) is 10.4. The smallest absolute Gasteiger partial charge is 0.243 e. The van der Waals surface area contributed by atoms with Crippen LogP contribution >= 0.6 is 12.4 Å². The molecule has 0 amide bonds. The molecule has 2 N–H and O–H groups in total. The van der Waals surface area contributed by atoms with Crippen LogP contribution in [0.15, 0.2) is 59.5 Å². The van der Waals surface area contributed by atoms with Gasteiger partial charge in [0.15, 0.2) is 0 Å². The van der Waals surface area contributed by atoms with Crippen molar-refractivity contribution in [2.45, 2.75) is 11.3 Å². The van der Waals surface area contributed by atoms with Gasteiger partial charge in [0.25, 0.3) is 0 Å². The molecule has 0 saturated heterocycles. The Morgan fingerprint density at radius 3 is 2.22 bits per heavy atom. The zero-order valence-electron chi connectivity index (χ0n) is 15.4. The van der Waals surface area contributed by atoms with Gasteiger partial charge in [0.1, 0.15) is 12.4 Å². The van der Waals surface area contributed by atoms with Crippen LogP contribution in [0.25, 0.3) is 0 Å². The maximum atomic E-state index is 12.9. The van der Waals surface area contributed by atoms with E-state index in [2.05, 4.69) is 0 Å². The highest BCUT2D eigenvalue weighted by Crippen LogP contribution is 2.20. The minimum Gasteiger partial charge on any atom is -0.491 e. The summed E-state index contributed by atoms with van der Waals surface area (Å²) in [6.07, 6.45) is 0.637. The third-order valence-corrected chi connectivity index (χ3v) is 5.80. The molecule has 0 aromatic heterocycles. The minimum atomic E-state index is -3.60. The molecule has 6 nitrogen and oxygen atoms in total. The van der Waals surface area contributed by atoms with Crippen molar-refractivity contribution in [2.75, 3.05) is 40.0 Å². The van der Waals surface area contributed by atoms with Crippen LogP contribution in [0, 0.1) is 0 Å². The summed E-state index contributed by atoms with van der Waals surface area (Å²) in [6, 6.07) is 16.2. The molecule has 2 rings (SSSR count). The van der Waals surface area contributed by atoms with Crippen LogP contribution in [0.3, 0.4) is 0 Å². The molecule has 0 bridgehead atoms. The second-order valence-corrected chi connectivity index (χ2v) is 7.68. The predicted molar refractivity (Wildman–Crippen MR) is 109 cm³/mol. The van der Waals surface area contributed by atoms with E-state index in [9.17, 15) is 8.42 Å². The van der Waals surface area contributed by atoms with Crippen LogP contribution in [0.2, 0.25) is 0 Å². The van der Waals surface area contributed by atoms with Gasteiger partial charge in [0.05, 0.1) is 11.5 Å². The summed E-state index contributed by atoms with van der Waals surface area (Å²) in [5.74, 6) is 0.607. The lowest BCUT2D eigenvalue weighted by molar-refractivity contribution is 0.146. The number of hydrogen-bond acceptors (Lipinski definition) is 5. The maximum absolute atomic E-state index is 12.9. The van der Waals surface area contributed by atoms with Crippen molar-refractivity contribution in [3.63, 3.8) is 0 Å². The van der Waals surface area contributed by atoms with Crippen molar-refractivity contribution in [1.29, 1.82) is 0 Å². The lowest BCUT2D eigenvalue weighted by Crippen LogP contribution is -2.36. The topological polar surface area (TPSA) is 81.9 Å². The van der Waals surface area contributed by atoms with Gasteiger partial charge >= 0.3 is 0 Å². The Morgan fingerprint density at radius 1 is 0.963 bits per heavy atom. The van der Waals surface area contributed by atoms with E-state index in [1.54, 1.807) is 31.4 Å². The summed E-state index contributed by atoms with van der Waals surface area (Å²) >= 11 is 0. The van der Waals surface area contributed by atoms with Gasteiger partial charge in [-0.3, -0.25) is 0 Å². The Labute approximate surface area is 167 Å². The number of rotatable bonds is 11. The van der Waals surface area contributed by atoms with Crippen LogP contribution in [0.5, 0.6) is 5.75 Å². The van der Waals surface area contributed by atoms with Crippen LogP contribution in [0.4, 0.5) is 0 Å². The van der Waals surface area contributed by atoms with Gasteiger partial charge in [-0.1, -0.05) is 30.3 Å². The first-order chi connectivity index (χ1) is 12.6. The molecule has 0 unspecified atom stereocenters. The first kappa shape index (κ1) is 23.4. The molecule has 0 radical (unpaired) electrons. The van der Waals surface area contributed by atoms with Gasteiger partial charge < -0.3 is 15.2 Å². The Hall–Kier alpha value is -1.64. The average molecular weight is 415 g/mol. The monoisotopic (exact) mass is 414 g/mol. The Morgan fingerprint density at radius 2 is 1.63 bits per heavy atom. The summed E-state index contributed by atoms with van der Waals surface area (Å²) in [5, 5.41) is 0. The number of methoxy groups -OCH3 is 1. The molecular formula is C19H27ClN2O4S. The van der Waals surface area contributed by atoms with E-state index < -0.39 is 10.0 Å². The molecule has 0 heterocycles. The van der Waals surface area contributed by atoms with Crippen molar-refractivity contribution in [1.82, 2.24) is 4.31 Å². The summed E-state index contributed by atoms with van der Waals surface area (Å²) in [6.45, 7) is 1.83.